The van der Waals surface area contributed by atoms with Crippen LogP contribution in [0.5, 0.6) is 0 Å². The Morgan fingerprint density at radius 2 is 2.12 bits per heavy atom. The monoisotopic (exact) mass is 223 g/mol. The van der Waals surface area contributed by atoms with Crippen LogP contribution in [0, 0.1) is 13.8 Å². The first kappa shape index (κ1) is 11.1. The predicted molar refractivity (Wildman–Crippen MR) is 59.2 cm³/mol. The van der Waals surface area contributed by atoms with E-state index in [1.165, 1.54) is 0 Å². The minimum atomic E-state index is -0.930. The molecule has 5 nitrogen and oxygen atoms in total. The van der Waals surface area contributed by atoms with E-state index in [-0.39, 0.29) is 5.41 Å². The van der Waals surface area contributed by atoms with E-state index in [9.17, 15) is 4.79 Å². The van der Waals surface area contributed by atoms with Gasteiger partial charge in [0.25, 0.3) is 0 Å². The number of nitrogens with two attached hydrogens (primary N) is 1. The number of aromatic nitrogens is 2. The second-order valence-electron chi connectivity index (χ2n) is 4.64. The van der Waals surface area contributed by atoms with Crippen molar-refractivity contribution in [2.75, 3.05) is 0 Å². The Morgan fingerprint density at radius 1 is 1.56 bits per heavy atom. The van der Waals surface area contributed by atoms with E-state index < -0.39 is 12.0 Å². The number of hydrogen-bond acceptors (Lipinski definition) is 3. The molecule has 1 atom stereocenters. The number of aliphatic carboxylic acids is 1. The molecular weight excluding hydrogens is 206 g/mol. The molecule has 0 bridgehead atoms. The number of aryl methyl sites for hydroxylation is 2. The second kappa shape index (κ2) is 3.31. The Balaban J connectivity index is 2.48. The molecular formula is C11H17N3O2. The van der Waals surface area contributed by atoms with Gasteiger partial charge in [-0.05, 0) is 26.7 Å². The zero-order valence-electron chi connectivity index (χ0n) is 9.82. The van der Waals surface area contributed by atoms with Gasteiger partial charge in [-0.1, -0.05) is 0 Å². The molecule has 16 heavy (non-hydrogen) atoms. The highest BCUT2D eigenvalue weighted by atomic mass is 16.4. The molecule has 1 aliphatic rings. The molecule has 1 fully saturated rings. The molecule has 1 aromatic rings. The van der Waals surface area contributed by atoms with Crippen LogP contribution in [0.15, 0.2) is 0 Å². The van der Waals surface area contributed by atoms with Crippen LogP contribution in [-0.4, -0.2) is 26.9 Å². The third-order valence-electron chi connectivity index (χ3n) is 3.66. The molecule has 0 radical (unpaired) electrons. The van der Waals surface area contributed by atoms with E-state index in [2.05, 4.69) is 5.10 Å². The van der Waals surface area contributed by atoms with Crippen molar-refractivity contribution in [1.29, 1.82) is 0 Å². The maximum absolute atomic E-state index is 11.0. The number of carboxylic acid groups (broad SMARTS) is 1. The number of nitrogens with zero attached hydrogens (tertiary/aromatic N) is 2. The van der Waals surface area contributed by atoms with E-state index in [4.69, 9.17) is 10.8 Å². The van der Waals surface area contributed by atoms with Crippen LogP contribution >= 0.6 is 0 Å². The van der Waals surface area contributed by atoms with E-state index in [0.29, 0.717) is 0 Å². The lowest BCUT2D eigenvalue weighted by atomic mass is 9.87. The summed E-state index contributed by atoms with van der Waals surface area (Å²) in [6.45, 7) is 3.88. The van der Waals surface area contributed by atoms with Crippen molar-refractivity contribution in [1.82, 2.24) is 9.78 Å². The Kier molecular flexibility index (Phi) is 2.31. The van der Waals surface area contributed by atoms with Crippen molar-refractivity contribution in [2.45, 2.75) is 38.1 Å². The maximum atomic E-state index is 11.0. The van der Waals surface area contributed by atoms with Crippen LogP contribution in [0.2, 0.25) is 0 Å². The highest BCUT2D eigenvalue weighted by Crippen LogP contribution is 2.52. The van der Waals surface area contributed by atoms with E-state index in [1.54, 1.807) is 4.68 Å². The summed E-state index contributed by atoms with van der Waals surface area (Å²) < 4.78 is 1.79. The lowest BCUT2D eigenvalue weighted by Gasteiger charge is -2.20. The van der Waals surface area contributed by atoms with Gasteiger partial charge in [0.2, 0.25) is 0 Å². The molecule has 0 amide bonds. The average Bonchev–Trinajstić information content (AvgIpc) is 2.93. The molecule has 0 aliphatic heterocycles. The molecule has 0 spiro atoms. The van der Waals surface area contributed by atoms with Crippen LogP contribution in [-0.2, 0) is 17.3 Å². The van der Waals surface area contributed by atoms with Gasteiger partial charge in [0.15, 0.2) is 0 Å². The first-order valence-corrected chi connectivity index (χ1v) is 5.39. The van der Waals surface area contributed by atoms with Crippen molar-refractivity contribution in [3.05, 3.63) is 17.0 Å². The van der Waals surface area contributed by atoms with Crippen molar-refractivity contribution in [2.24, 2.45) is 12.8 Å². The van der Waals surface area contributed by atoms with Gasteiger partial charge >= 0.3 is 5.97 Å². The second-order valence-corrected chi connectivity index (χ2v) is 4.64. The molecule has 1 aromatic heterocycles. The van der Waals surface area contributed by atoms with E-state index in [0.717, 1.165) is 29.8 Å². The summed E-state index contributed by atoms with van der Waals surface area (Å²) >= 11 is 0. The van der Waals surface area contributed by atoms with E-state index in [1.807, 2.05) is 20.9 Å². The van der Waals surface area contributed by atoms with Gasteiger partial charge in [-0.15, -0.1) is 0 Å². The zero-order chi connectivity index (χ0) is 12.1. The van der Waals surface area contributed by atoms with Crippen LogP contribution < -0.4 is 5.73 Å². The first-order valence-electron chi connectivity index (χ1n) is 5.39. The van der Waals surface area contributed by atoms with Crippen LogP contribution in [0.4, 0.5) is 0 Å². The summed E-state index contributed by atoms with van der Waals surface area (Å²) in [7, 11) is 1.87. The highest BCUT2D eigenvalue weighted by Gasteiger charge is 2.54. The van der Waals surface area contributed by atoms with Gasteiger partial charge in [0, 0.05) is 23.7 Å². The summed E-state index contributed by atoms with van der Waals surface area (Å²) in [6, 6.07) is -0.825. The standard InChI is InChI=1S/C11H17N3O2/c1-6-8(7(2)14(3)13-6)11(4-5-11)9(12)10(15)16/h9H,4-5,12H2,1-3H3,(H,15,16). The summed E-state index contributed by atoms with van der Waals surface area (Å²) in [5.41, 5.74) is 8.37. The third kappa shape index (κ3) is 1.35. The fraction of sp³-hybridized carbons (Fsp3) is 0.636. The normalized spacial score (nSPS) is 19.5. The lowest BCUT2D eigenvalue weighted by molar-refractivity contribution is -0.139. The highest BCUT2D eigenvalue weighted by molar-refractivity contribution is 5.77. The van der Waals surface area contributed by atoms with Crippen LogP contribution in [0.1, 0.15) is 29.8 Å². The fourth-order valence-corrected chi connectivity index (χ4v) is 2.58. The Hall–Kier alpha value is -1.36. The molecule has 1 aliphatic carbocycles. The Bertz CT molecular complexity index is 446. The summed E-state index contributed by atoms with van der Waals surface area (Å²) in [6.07, 6.45) is 1.68. The number of hydrogen-bond donors (Lipinski definition) is 2. The molecule has 3 N–H and O–H groups in total. The summed E-state index contributed by atoms with van der Waals surface area (Å²) in [5.74, 6) is -0.930. The predicted octanol–water partition coefficient (Wildman–Crippen LogP) is 0.480. The zero-order valence-corrected chi connectivity index (χ0v) is 9.82. The molecule has 1 heterocycles. The molecule has 5 heteroatoms. The number of carbonyl (C=O) groups is 1. The molecule has 1 unspecified atom stereocenters. The largest absolute Gasteiger partial charge is 0.480 e. The minimum absolute atomic E-state index is 0.381. The number of rotatable bonds is 3. The average molecular weight is 223 g/mol. The fourth-order valence-electron chi connectivity index (χ4n) is 2.58. The smallest absolute Gasteiger partial charge is 0.321 e. The molecule has 1 saturated carbocycles. The summed E-state index contributed by atoms with van der Waals surface area (Å²) in [5, 5.41) is 13.4. The third-order valence-corrected chi connectivity index (χ3v) is 3.66. The van der Waals surface area contributed by atoms with Gasteiger partial charge in [0.1, 0.15) is 6.04 Å². The molecule has 0 saturated heterocycles. The van der Waals surface area contributed by atoms with Gasteiger partial charge in [-0.25, -0.2) is 0 Å². The topological polar surface area (TPSA) is 81.1 Å². The molecule has 2 rings (SSSR count). The van der Waals surface area contributed by atoms with Crippen molar-refractivity contribution in [3.63, 3.8) is 0 Å². The quantitative estimate of drug-likeness (QED) is 0.781. The Morgan fingerprint density at radius 3 is 2.44 bits per heavy atom. The molecule has 0 aromatic carbocycles. The Labute approximate surface area is 94.2 Å². The van der Waals surface area contributed by atoms with Crippen LogP contribution in [0.25, 0.3) is 0 Å². The number of carboxylic acids is 1. The van der Waals surface area contributed by atoms with E-state index >= 15 is 0 Å². The van der Waals surface area contributed by atoms with Gasteiger partial charge in [0.05, 0.1) is 5.69 Å². The van der Waals surface area contributed by atoms with Crippen molar-refractivity contribution in [3.8, 4) is 0 Å². The van der Waals surface area contributed by atoms with Crippen LogP contribution in [0.3, 0.4) is 0 Å². The first-order chi connectivity index (χ1) is 7.40. The molecule has 88 valence electrons. The van der Waals surface area contributed by atoms with Gasteiger partial charge in [-0.2, -0.15) is 5.10 Å². The van der Waals surface area contributed by atoms with Crippen molar-refractivity contribution >= 4 is 5.97 Å². The van der Waals surface area contributed by atoms with Crippen molar-refractivity contribution < 1.29 is 9.90 Å². The maximum Gasteiger partial charge on any atom is 0.321 e. The lowest BCUT2D eigenvalue weighted by Crippen LogP contribution is -2.42. The van der Waals surface area contributed by atoms with Gasteiger partial charge < -0.3 is 10.8 Å². The SMILES string of the molecule is Cc1nn(C)c(C)c1C1(C(N)C(=O)O)CC1. The minimum Gasteiger partial charge on any atom is -0.480 e. The van der Waals surface area contributed by atoms with Gasteiger partial charge in [-0.3, -0.25) is 9.48 Å². The summed E-state index contributed by atoms with van der Waals surface area (Å²) in [4.78, 5) is 11.0.